The molecule has 3 heteroatoms. The summed E-state index contributed by atoms with van der Waals surface area (Å²) in [6, 6.07) is 17.3. The van der Waals surface area contributed by atoms with Crippen LogP contribution in [-0.4, -0.2) is 6.61 Å². The Morgan fingerprint density at radius 3 is 2.65 bits per heavy atom. The molecular weight excluding hydrogens is 304 g/mol. The summed E-state index contributed by atoms with van der Waals surface area (Å²) >= 11 is 5.40. The maximum Gasteiger partial charge on any atom is 0.148 e. The van der Waals surface area contributed by atoms with Crippen molar-refractivity contribution in [1.29, 1.82) is 0 Å². The molecule has 0 aliphatic carbocycles. The van der Waals surface area contributed by atoms with Gasteiger partial charge in [0.25, 0.3) is 0 Å². The second kappa shape index (κ2) is 6.95. The Hall–Kier alpha value is -2.83. The number of rotatable bonds is 4. The fraction of sp³-hybridized carbons (Fsp3) is 0.0500. The first-order chi connectivity index (χ1) is 11.3. The molecule has 2 nitrogen and oxygen atoms in total. The van der Waals surface area contributed by atoms with Crippen molar-refractivity contribution in [3.63, 3.8) is 0 Å². The van der Waals surface area contributed by atoms with Crippen molar-refractivity contribution in [2.45, 2.75) is 0 Å². The highest BCUT2D eigenvalue weighted by Gasteiger charge is 1.99. The minimum atomic E-state index is 0.271. The van der Waals surface area contributed by atoms with Crippen LogP contribution in [0.25, 0.3) is 23.1 Å². The highest BCUT2D eigenvalue weighted by molar-refractivity contribution is 7.71. The van der Waals surface area contributed by atoms with Gasteiger partial charge in [-0.2, -0.15) is 0 Å². The molecule has 0 fully saturated rings. The molecule has 3 aromatic rings. The fourth-order valence-corrected chi connectivity index (χ4v) is 2.47. The second-order valence-electron chi connectivity index (χ2n) is 4.90. The lowest BCUT2D eigenvalue weighted by atomic mass is 10.2. The Bertz CT molecular complexity index is 944. The van der Waals surface area contributed by atoms with Crippen LogP contribution in [0.3, 0.4) is 0 Å². The van der Waals surface area contributed by atoms with Crippen LogP contribution in [-0.2, 0) is 0 Å². The number of para-hydroxylation sites is 1. The van der Waals surface area contributed by atoms with Gasteiger partial charge < -0.3 is 9.15 Å². The van der Waals surface area contributed by atoms with Crippen LogP contribution in [0.1, 0.15) is 11.3 Å². The Morgan fingerprint density at radius 2 is 1.87 bits per heavy atom. The number of ether oxygens (including phenoxy) is 1. The van der Waals surface area contributed by atoms with E-state index in [0.29, 0.717) is 0 Å². The number of hydrogen-bond acceptors (Lipinski definition) is 3. The highest BCUT2D eigenvalue weighted by atomic mass is 32.1. The molecule has 0 atom stereocenters. The van der Waals surface area contributed by atoms with Crippen molar-refractivity contribution < 1.29 is 9.15 Å². The van der Waals surface area contributed by atoms with Gasteiger partial charge in [0.05, 0.1) is 4.51 Å². The van der Waals surface area contributed by atoms with E-state index >= 15 is 0 Å². The number of terminal acetylenes is 1. The highest BCUT2D eigenvalue weighted by Crippen LogP contribution is 2.20. The third-order valence-electron chi connectivity index (χ3n) is 3.30. The Kier molecular flexibility index (Phi) is 4.56. The summed E-state index contributed by atoms with van der Waals surface area (Å²) in [5.74, 6) is 3.92. The third-order valence-corrected chi connectivity index (χ3v) is 3.63. The number of benzene rings is 2. The smallest absolute Gasteiger partial charge is 0.148 e. The molecule has 0 bridgehead atoms. The quantitative estimate of drug-likeness (QED) is 0.478. The zero-order valence-corrected chi connectivity index (χ0v) is 13.2. The van der Waals surface area contributed by atoms with Gasteiger partial charge >= 0.3 is 0 Å². The van der Waals surface area contributed by atoms with Crippen LogP contribution in [0.15, 0.2) is 59.0 Å². The zero-order valence-electron chi connectivity index (χ0n) is 12.4. The van der Waals surface area contributed by atoms with Crippen LogP contribution in [0.2, 0.25) is 0 Å². The maximum atomic E-state index is 5.84. The summed E-state index contributed by atoms with van der Waals surface area (Å²) in [4.78, 5) is 0. The molecule has 0 N–H and O–H groups in total. The van der Waals surface area contributed by atoms with E-state index in [0.717, 1.165) is 32.6 Å². The Labute approximate surface area is 140 Å². The van der Waals surface area contributed by atoms with Gasteiger partial charge in [-0.3, -0.25) is 0 Å². The first-order valence-corrected chi connectivity index (χ1v) is 7.54. The third kappa shape index (κ3) is 3.68. The largest absolute Gasteiger partial charge is 0.481 e. The van der Waals surface area contributed by atoms with E-state index < -0.39 is 0 Å². The van der Waals surface area contributed by atoms with E-state index in [1.54, 1.807) is 0 Å². The summed E-state index contributed by atoms with van der Waals surface area (Å²) < 4.78 is 12.0. The van der Waals surface area contributed by atoms with E-state index in [1.807, 2.05) is 66.7 Å². The fourth-order valence-electron chi connectivity index (χ4n) is 2.18. The van der Waals surface area contributed by atoms with Gasteiger partial charge in [-0.25, -0.2) is 0 Å². The van der Waals surface area contributed by atoms with E-state index in [9.17, 15) is 0 Å². The average molecular weight is 318 g/mol. The molecule has 0 spiro atoms. The summed E-state index contributed by atoms with van der Waals surface area (Å²) in [5, 5.41) is 0.953. The maximum absolute atomic E-state index is 5.84. The summed E-state index contributed by atoms with van der Waals surface area (Å²) in [6.07, 6.45) is 9.03. The van der Waals surface area contributed by atoms with Crippen LogP contribution < -0.4 is 4.74 Å². The molecule has 0 amide bonds. The van der Waals surface area contributed by atoms with Gasteiger partial charge in [-0.1, -0.05) is 48.5 Å². The Morgan fingerprint density at radius 1 is 1.09 bits per heavy atom. The van der Waals surface area contributed by atoms with Gasteiger partial charge in [0.1, 0.15) is 23.7 Å². The lowest BCUT2D eigenvalue weighted by Crippen LogP contribution is -1.92. The predicted octanol–water partition coefficient (Wildman–Crippen LogP) is 5.34. The lowest BCUT2D eigenvalue weighted by Gasteiger charge is -2.02. The lowest BCUT2D eigenvalue weighted by molar-refractivity contribution is 0.370. The average Bonchev–Trinajstić information content (AvgIpc) is 2.59. The molecule has 3 rings (SSSR count). The Balaban J connectivity index is 1.82. The van der Waals surface area contributed by atoms with Gasteiger partial charge in [-0.05, 0) is 42.0 Å². The van der Waals surface area contributed by atoms with Crippen LogP contribution in [0, 0.1) is 16.9 Å². The minimum Gasteiger partial charge on any atom is -0.481 e. The van der Waals surface area contributed by atoms with Crippen LogP contribution >= 0.6 is 12.2 Å². The monoisotopic (exact) mass is 318 g/mol. The minimum absolute atomic E-state index is 0.271. The van der Waals surface area contributed by atoms with Crippen molar-refractivity contribution in [2.24, 2.45) is 0 Å². The molecule has 1 heterocycles. The zero-order chi connectivity index (χ0) is 16.1. The van der Waals surface area contributed by atoms with E-state index in [-0.39, 0.29) is 6.61 Å². The first kappa shape index (κ1) is 15.1. The number of hydrogen-bond donors (Lipinski definition) is 0. The molecule has 112 valence electrons. The SMILES string of the molecule is C#CCOc1ccc(/C=C/c2cc(=S)c3ccccc3o2)cc1. The molecular formula is C20H14O2S. The molecule has 0 radical (unpaired) electrons. The standard InChI is InChI=1S/C20H14O2S/c1-2-13-21-16-10-7-15(8-11-16)9-12-17-14-20(23)18-5-3-4-6-19(18)22-17/h1,3-12,14H,13H2/b12-9+. The number of fused-ring (bicyclic) bond motifs is 1. The van der Waals surface area contributed by atoms with Crippen molar-refractivity contribution in [3.8, 4) is 18.1 Å². The molecule has 0 saturated carbocycles. The normalized spacial score (nSPS) is 10.7. The van der Waals surface area contributed by atoms with Gasteiger partial charge in [0, 0.05) is 5.39 Å². The molecule has 0 unspecified atom stereocenters. The summed E-state index contributed by atoms with van der Waals surface area (Å²) in [6.45, 7) is 0.271. The molecule has 0 aliphatic rings. The van der Waals surface area contributed by atoms with Crippen LogP contribution in [0.5, 0.6) is 5.75 Å². The van der Waals surface area contributed by atoms with Gasteiger partial charge in [-0.15, -0.1) is 6.42 Å². The summed E-state index contributed by atoms with van der Waals surface area (Å²) in [7, 11) is 0. The van der Waals surface area contributed by atoms with Gasteiger partial charge in [0.15, 0.2) is 0 Å². The van der Waals surface area contributed by atoms with E-state index in [2.05, 4.69) is 5.92 Å². The predicted molar refractivity (Wildman–Crippen MR) is 96.7 cm³/mol. The second-order valence-corrected chi connectivity index (χ2v) is 5.34. The van der Waals surface area contributed by atoms with Crippen molar-refractivity contribution in [3.05, 3.63) is 70.4 Å². The van der Waals surface area contributed by atoms with Crippen molar-refractivity contribution in [2.75, 3.05) is 6.61 Å². The summed E-state index contributed by atoms with van der Waals surface area (Å²) in [5.41, 5.74) is 1.82. The first-order valence-electron chi connectivity index (χ1n) is 7.13. The van der Waals surface area contributed by atoms with Gasteiger partial charge in [0.2, 0.25) is 0 Å². The topological polar surface area (TPSA) is 22.4 Å². The molecule has 1 aromatic heterocycles. The van der Waals surface area contributed by atoms with Crippen LogP contribution in [0.4, 0.5) is 0 Å². The van der Waals surface area contributed by atoms with E-state index in [4.69, 9.17) is 27.8 Å². The molecule has 2 aromatic carbocycles. The molecule has 23 heavy (non-hydrogen) atoms. The molecule has 0 aliphatic heterocycles. The van der Waals surface area contributed by atoms with Crippen molar-refractivity contribution in [1.82, 2.24) is 0 Å². The molecule has 0 saturated heterocycles. The van der Waals surface area contributed by atoms with E-state index in [1.165, 1.54) is 0 Å². The van der Waals surface area contributed by atoms with Crippen molar-refractivity contribution >= 4 is 35.3 Å².